The van der Waals surface area contributed by atoms with Crippen LogP contribution >= 0.6 is 0 Å². The predicted octanol–water partition coefficient (Wildman–Crippen LogP) is 3.01. The molecule has 1 N–H and O–H groups in total. The molecule has 0 spiro atoms. The van der Waals surface area contributed by atoms with Gasteiger partial charge in [-0.3, -0.25) is 4.79 Å². The van der Waals surface area contributed by atoms with Gasteiger partial charge >= 0.3 is 5.97 Å². The normalized spacial score (nSPS) is 10.6. The standard InChI is InChI=1S/C19H18FNO3/c1-14-4-2-3-5-16(14)8-11-19(23)24-13-18(22)21-12-15-6-9-17(20)10-7-15/h2-11H,12-13H2,1H3,(H,21,22)/b11-8+. The van der Waals surface area contributed by atoms with E-state index < -0.39 is 11.9 Å². The van der Waals surface area contributed by atoms with Crippen LogP contribution in [0.3, 0.4) is 0 Å². The molecule has 24 heavy (non-hydrogen) atoms. The maximum Gasteiger partial charge on any atom is 0.331 e. The molecule has 0 radical (unpaired) electrons. The van der Waals surface area contributed by atoms with E-state index in [1.807, 2.05) is 31.2 Å². The van der Waals surface area contributed by atoms with E-state index in [-0.39, 0.29) is 19.0 Å². The molecule has 0 fully saturated rings. The predicted molar refractivity (Wildman–Crippen MR) is 89.4 cm³/mol. The second kappa shape index (κ2) is 8.62. The van der Waals surface area contributed by atoms with Crippen LogP contribution in [0.5, 0.6) is 0 Å². The van der Waals surface area contributed by atoms with Gasteiger partial charge in [-0.15, -0.1) is 0 Å². The van der Waals surface area contributed by atoms with Crippen LogP contribution < -0.4 is 5.32 Å². The lowest BCUT2D eigenvalue weighted by Crippen LogP contribution is -2.28. The van der Waals surface area contributed by atoms with Crippen molar-refractivity contribution in [2.75, 3.05) is 6.61 Å². The van der Waals surface area contributed by atoms with E-state index in [1.165, 1.54) is 18.2 Å². The monoisotopic (exact) mass is 327 g/mol. The Morgan fingerprint density at radius 3 is 2.54 bits per heavy atom. The number of nitrogens with one attached hydrogen (secondary N) is 1. The average Bonchev–Trinajstić information content (AvgIpc) is 2.58. The molecule has 0 unspecified atom stereocenters. The maximum absolute atomic E-state index is 12.8. The van der Waals surface area contributed by atoms with E-state index >= 15 is 0 Å². The Morgan fingerprint density at radius 2 is 1.83 bits per heavy atom. The lowest BCUT2D eigenvalue weighted by Gasteiger charge is -2.05. The lowest BCUT2D eigenvalue weighted by atomic mass is 10.1. The molecule has 0 saturated carbocycles. The smallest absolute Gasteiger partial charge is 0.331 e. The molecule has 1 amide bonds. The molecule has 2 rings (SSSR count). The molecular formula is C19H18FNO3. The van der Waals surface area contributed by atoms with Crippen LogP contribution in [0.15, 0.2) is 54.6 Å². The Morgan fingerprint density at radius 1 is 1.12 bits per heavy atom. The van der Waals surface area contributed by atoms with Gasteiger partial charge in [0.25, 0.3) is 5.91 Å². The number of benzene rings is 2. The molecule has 0 saturated heterocycles. The van der Waals surface area contributed by atoms with Gasteiger partial charge in [0.2, 0.25) is 0 Å². The molecule has 5 heteroatoms. The molecule has 0 bridgehead atoms. The van der Waals surface area contributed by atoms with Crippen molar-refractivity contribution in [1.82, 2.24) is 5.32 Å². The fourth-order valence-electron chi connectivity index (χ4n) is 1.97. The number of ether oxygens (including phenoxy) is 1. The topological polar surface area (TPSA) is 55.4 Å². The first-order valence-corrected chi connectivity index (χ1v) is 7.46. The van der Waals surface area contributed by atoms with Crippen LogP contribution in [0.4, 0.5) is 4.39 Å². The van der Waals surface area contributed by atoms with Crippen molar-refractivity contribution in [3.05, 3.63) is 77.1 Å². The van der Waals surface area contributed by atoms with Gasteiger partial charge in [-0.25, -0.2) is 9.18 Å². The van der Waals surface area contributed by atoms with Crippen molar-refractivity contribution >= 4 is 18.0 Å². The number of rotatable bonds is 6. The van der Waals surface area contributed by atoms with Crippen molar-refractivity contribution in [1.29, 1.82) is 0 Å². The fourth-order valence-corrected chi connectivity index (χ4v) is 1.97. The lowest BCUT2D eigenvalue weighted by molar-refractivity contribution is -0.143. The summed E-state index contributed by atoms with van der Waals surface area (Å²) in [7, 11) is 0. The largest absolute Gasteiger partial charge is 0.452 e. The summed E-state index contributed by atoms with van der Waals surface area (Å²) in [5, 5.41) is 2.59. The highest BCUT2D eigenvalue weighted by molar-refractivity contribution is 5.89. The van der Waals surface area contributed by atoms with Crippen molar-refractivity contribution in [2.45, 2.75) is 13.5 Å². The molecule has 124 valence electrons. The highest BCUT2D eigenvalue weighted by Crippen LogP contribution is 2.08. The van der Waals surface area contributed by atoms with Gasteiger partial charge in [0.1, 0.15) is 5.82 Å². The van der Waals surface area contributed by atoms with Crippen LogP contribution in [0.1, 0.15) is 16.7 Å². The number of amides is 1. The van der Waals surface area contributed by atoms with Crippen molar-refractivity contribution in [3.63, 3.8) is 0 Å². The average molecular weight is 327 g/mol. The van der Waals surface area contributed by atoms with E-state index in [2.05, 4.69) is 5.32 Å². The summed E-state index contributed by atoms with van der Waals surface area (Å²) in [4.78, 5) is 23.2. The first-order chi connectivity index (χ1) is 11.5. The second-order valence-corrected chi connectivity index (χ2v) is 5.20. The number of carbonyl (C=O) groups is 2. The number of esters is 1. The van der Waals surface area contributed by atoms with Gasteiger partial charge in [0.05, 0.1) is 0 Å². The number of aryl methyl sites for hydroxylation is 1. The van der Waals surface area contributed by atoms with Crippen LogP contribution in [-0.2, 0) is 20.9 Å². The van der Waals surface area contributed by atoms with Gasteiger partial charge < -0.3 is 10.1 Å². The minimum absolute atomic E-state index is 0.246. The Labute approximate surface area is 140 Å². The molecule has 0 aliphatic heterocycles. The van der Waals surface area contributed by atoms with E-state index in [9.17, 15) is 14.0 Å². The zero-order valence-electron chi connectivity index (χ0n) is 13.3. The fraction of sp³-hybridized carbons (Fsp3) is 0.158. The first-order valence-electron chi connectivity index (χ1n) is 7.46. The number of carbonyl (C=O) groups excluding carboxylic acids is 2. The first kappa shape index (κ1) is 17.4. The molecule has 0 atom stereocenters. The van der Waals surface area contributed by atoms with E-state index in [0.29, 0.717) is 0 Å². The molecule has 0 aromatic heterocycles. The van der Waals surface area contributed by atoms with Gasteiger partial charge in [-0.05, 0) is 41.8 Å². The van der Waals surface area contributed by atoms with E-state index in [4.69, 9.17) is 4.74 Å². The van der Waals surface area contributed by atoms with Crippen LogP contribution in [0.2, 0.25) is 0 Å². The summed E-state index contributed by atoms with van der Waals surface area (Å²) in [6, 6.07) is 13.4. The minimum Gasteiger partial charge on any atom is -0.452 e. The number of halogens is 1. The number of hydrogen-bond acceptors (Lipinski definition) is 3. The summed E-state index contributed by atoms with van der Waals surface area (Å²) in [6.07, 6.45) is 2.93. The summed E-state index contributed by atoms with van der Waals surface area (Å²) < 4.78 is 17.6. The minimum atomic E-state index is -0.588. The third-order valence-electron chi connectivity index (χ3n) is 3.34. The third-order valence-corrected chi connectivity index (χ3v) is 3.34. The van der Waals surface area contributed by atoms with E-state index in [1.54, 1.807) is 18.2 Å². The third kappa shape index (κ3) is 5.68. The Balaban J connectivity index is 1.74. The summed E-state index contributed by atoms with van der Waals surface area (Å²) in [6.45, 7) is 1.82. The summed E-state index contributed by atoms with van der Waals surface area (Å²) >= 11 is 0. The van der Waals surface area contributed by atoms with Gasteiger partial charge in [0, 0.05) is 12.6 Å². The quantitative estimate of drug-likeness (QED) is 0.655. The second-order valence-electron chi connectivity index (χ2n) is 5.20. The van der Waals surface area contributed by atoms with Gasteiger partial charge in [-0.1, -0.05) is 36.4 Å². The van der Waals surface area contributed by atoms with Crippen molar-refractivity contribution in [3.8, 4) is 0 Å². The summed E-state index contributed by atoms with van der Waals surface area (Å²) in [5.41, 5.74) is 2.71. The highest BCUT2D eigenvalue weighted by atomic mass is 19.1. The maximum atomic E-state index is 12.8. The number of hydrogen-bond donors (Lipinski definition) is 1. The molecule has 0 aliphatic rings. The van der Waals surface area contributed by atoms with Gasteiger partial charge in [0.15, 0.2) is 6.61 Å². The zero-order chi connectivity index (χ0) is 17.4. The van der Waals surface area contributed by atoms with Crippen molar-refractivity contribution in [2.24, 2.45) is 0 Å². The molecule has 2 aromatic rings. The van der Waals surface area contributed by atoms with Crippen LogP contribution in [0, 0.1) is 12.7 Å². The van der Waals surface area contributed by atoms with Gasteiger partial charge in [-0.2, -0.15) is 0 Å². The molecular weight excluding hydrogens is 309 g/mol. The Kier molecular flexibility index (Phi) is 6.25. The van der Waals surface area contributed by atoms with Crippen LogP contribution in [0.25, 0.3) is 6.08 Å². The molecule has 0 heterocycles. The zero-order valence-corrected chi connectivity index (χ0v) is 13.3. The molecule has 4 nitrogen and oxygen atoms in total. The highest BCUT2D eigenvalue weighted by Gasteiger charge is 2.05. The Bertz CT molecular complexity index is 739. The SMILES string of the molecule is Cc1ccccc1/C=C/C(=O)OCC(=O)NCc1ccc(F)cc1. The van der Waals surface area contributed by atoms with E-state index in [0.717, 1.165) is 16.7 Å². The molecule has 0 aliphatic carbocycles. The van der Waals surface area contributed by atoms with Crippen LogP contribution in [-0.4, -0.2) is 18.5 Å². The Hall–Kier alpha value is -2.95. The summed E-state index contributed by atoms with van der Waals surface area (Å²) in [5.74, 6) is -1.34. The van der Waals surface area contributed by atoms with Crippen molar-refractivity contribution < 1.29 is 18.7 Å². The molecule has 2 aromatic carbocycles.